The molecular weight excluding hydrogens is 578 g/mol. The fraction of sp³-hybridized carbons (Fsp3) is 1.00. The van der Waals surface area contributed by atoms with Crippen molar-refractivity contribution >= 4 is 15.6 Å². The van der Waals surface area contributed by atoms with Crippen LogP contribution in [0.4, 0.5) is 0 Å². The highest BCUT2D eigenvalue weighted by Crippen LogP contribution is 2.51. The van der Waals surface area contributed by atoms with E-state index in [-0.39, 0.29) is 43.4 Å². The molecule has 0 bridgehead atoms. The fourth-order valence-corrected chi connectivity index (χ4v) is 7.17. The number of phosphoric ester groups is 2. The van der Waals surface area contributed by atoms with Gasteiger partial charge in [-0.2, -0.15) is 0 Å². The van der Waals surface area contributed by atoms with Crippen molar-refractivity contribution in [3.05, 3.63) is 0 Å². The molecule has 3 fully saturated rings. The van der Waals surface area contributed by atoms with Crippen molar-refractivity contribution in [3.8, 4) is 0 Å². The van der Waals surface area contributed by atoms with Gasteiger partial charge in [-0.3, -0.25) is 18.1 Å². The van der Waals surface area contributed by atoms with Crippen LogP contribution in [0.1, 0.15) is 94.9 Å². The monoisotopic (exact) mass is 634 g/mol. The van der Waals surface area contributed by atoms with Crippen LogP contribution in [0, 0.1) is 17.8 Å². The third-order valence-electron chi connectivity index (χ3n) is 6.96. The Labute approximate surface area is 246 Å². The first-order valence-corrected chi connectivity index (χ1v) is 18.1. The van der Waals surface area contributed by atoms with Crippen LogP contribution < -0.4 is 0 Å². The zero-order valence-electron chi connectivity index (χ0n) is 26.5. The Morgan fingerprint density at radius 3 is 1.71 bits per heavy atom. The molecule has 14 heteroatoms. The Bertz CT molecular complexity index is 828. The molecule has 3 aliphatic heterocycles. The van der Waals surface area contributed by atoms with E-state index in [1.165, 1.54) is 0 Å². The lowest BCUT2D eigenvalue weighted by atomic mass is 9.88. The van der Waals surface area contributed by atoms with Gasteiger partial charge in [0, 0.05) is 12.8 Å². The molecule has 3 saturated heterocycles. The third kappa shape index (κ3) is 13.3. The molecule has 0 spiro atoms. The van der Waals surface area contributed by atoms with Crippen LogP contribution in [0.15, 0.2) is 0 Å². The number of hydrogen-bond acceptors (Lipinski definition) is 10. The number of phosphoric acid groups is 2. The first kappa shape index (κ1) is 39.1. The van der Waals surface area contributed by atoms with Gasteiger partial charge in [0.15, 0.2) is 6.29 Å². The Morgan fingerprint density at radius 1 is 0.732 bits per heavy atom. The van der Waals surface area contributed by atoms with E-state index < -0.39 is 46.9 Å². The first-order chi connectivity index (χ1) is 19.1. The Kier molecular flexibility index (Phi) is 17.3. The molecule has 0 aliphatic carbocycles. The van der Waals surface area contributed by atoms with Gasteiger partial charge in [0.2, 0.25) is 0 Å². The van der Waals surface area contributed by atoms with Crippen molar-refractivity contribution in [3.63, 3.8) is 0 Å². The van der Waals surface area contributed by atoms with Gasteiger partial charge >= 0.3 is 15.6 Å². The van der Waals surface area contributed by atoms with Crippen molar-refractivity contribution in [1.82, 2.24) is 0 Å². The largest absolute Gasteiger partial charge is 0.472 e. The summed E-state index contributed by atoms with van der Waals surface area (Å²) in [5.74, 6) is 0.802. The number of aliphatic hydroxyl groups excluding tert-OH is 1. The van der Waals surface area contributed by atoms with Gasteiger partial charge in [-0.05, 0) is 44.4 Å². The van der Waals surface area contributed by atoms with Crippen molar-refractivity contribution < 1.29 is 56.3 Å². The van der Waals surface area contributed by atoms with Crippen molar-refractivity contribution in [2.45, 2.75) is 144 Å². The second kappa shape index (κ2) is 18.1. The molecule has 11 atom stereocenters. The summed E-state index contributed by atoms with van der Waals surface area (Å²) in [7, 11) is -9.08. The number of rotatable bonds is 13. The quantitative estimate of drug-likeness (QED) is 0.209. The predicted molar refractivity (Wildman–Crippen MR) is 155 cm³/mol. The highest BCUT2D eigenvalue weighted by atomic mass is 31.2. The van der Waals surface area contributed by atoms with E-state index >= 15 is 0 Å². The maximum atomic E-state index is 12.7. The van der Waals surface area contributed by atoms with Gasteiger partial charge < -0.3 is 29.1 Å². The summed E-state index contributed by atoms with van der Waals surface area (Å²) < 4.78 is 63.3. The van der Waals surface area contributed by atoms with E-state index in [9.17, 15) is 24.0 Å². The van der Waals surface area contributed by atoms with E-state index in [1.54, 1.807) is 0 Å². The van der Waals surface area contributed by atoms with E-state index in [0.29, 0.717) is 24.7 Å². The minimum Gasteiger partial charge on any atom is -0.373 e. The van der Waals surface area contributed by atoms with Crippen LogP contribution >= 0.6 is 15.6 Å². The summed E-state index contributed by atoms with van der Waals surface area (Å²) in [6.45, 7) is 19.3. The van der Waals surface area contributed by atoms with Gasteiger partial charge in [-0.25, -0.2) is 9.13 Å². The molecule has 0 aromatic rings. The van der Waals surface area contributed by atoms with E-state index in [2.05, 4.69) is 13.8 Å². The zero-order valence-corrected chi connectivity index (χ0v) is 28.3. The SMILES string of the molecule is CC.CC.CC(C)C[C@H]1O[C@@H](C)CC1OP(=O)(O)OC[C@H]1O[C@@H](O)CC1OP(=O)(O)OC[C@H]1O[C@@H](C)CC1C(C)C. The molecule has 0 aromatic carbocycles. The van der Waals surface area contributed by atoms with E-state index in [4.69, 9.17) is 32.3 Å². The molecular formula is C27H56O12P2. The normalized spacial score (nSPS) is 36.3. The summed E-state index contributed by atoms with van der Waals surface area (Å²) in [5.41, 5.74) is 0. The van der Waals surface area contributed by atoms with E-state index in [1.807, 2.05) is 55.4 Å². The van der Waals surface area contributed by atoms with Crippen molar-refractivity contribution in [2.24, 2.45) is 17.8 Å². The maximum Gasteiger partial charge on any atom is 0.472 e. The van der Waals surface area contributed by atoms with Crippen LogP contribution in [-0.2, 0) is 41.4 Å². The first-order valence-electron chi connectivity index (χ1n) is 15.1. The van der Waals surface area contributed by atoms with E-state index in [0.717, 1.165) is 6.42 Å². The lowest BCUT2D eigenvalue weighted by Crippen LogP contribution is -2.30. The van der Waals surface area contributed by atoms with Crippen LogP contribution in [0.5, 0.6) is 0 Å². The lowest BCUT2D eigenvalue weighted by Gasteiger charge is -2.25. The topological polar surface area (TPSA) is 159 Å². The molecule has 0 radical (unpaired) electrons. The van der Waals surface area contributed by atoms with Gasteiger partial charge in [-0.15, -0.1) is 0 Å². The second-order valence-electron chi connectivity index (χ2n) is 11.2. The molecule has 3 aliphatic rings. The number of hydrogen-bond donors (Lipinski definition) is 3. The molecule has 246 valence electrons. The van der Waals surface area contributed by atoms with Crippen LogP contribution in [0.25, 0.3) is 0 Å². The molecule has 0 saturated carbocycles. The lowest BCUT2D eigenvalue weighted by molar-refractivity contribution is -0.107. The summed E-state index contributed by atoms with van der Waals surface area (Å²) in [4.78, 5) is 20.6. The maximum absolute atomic E-state index is 12.7. The molecule has 41 heavy (non-hydrogen) atoms. The van der Waals surface area contributed by atoms with Crippen molar-refractivity contribution in [2.75, 3.05) is 13.2 Å². The molecule has 0 aromatic heterocycles. The fourth-order valence-electron chi connectivity index (χ4n) is 5.25. The molecule has 12 nitrogen and oxygen atoms in total. The van der Waals surface area contributed by atoms with Crippen LogP contribution in [0.3, 0.4) is 0 Å². The standard InChI is InChI=1S/C23H44O12P2.2C2H6/c1-13(2)7-18-19(9-16(6)31-18)34-37(27,28)30-12-22-20(10-23(24)33-22)35-36(25,26)29-11-21-17(14(3)4)8-15(5)32-21;2*1-2/h13-24H,7-12H2,1-6H3,(H,25,26)(H,27,28);2*1-2H3/t15-,16-,17?,18+,19?,20?,21+,22+,23+;;/m0../s1. The average Bonchev–Trinajstić information content (AvgIpc) is 3.54. The predicted octanol–water partition coefficient (Wildman–Crippen LogP) is 5.82. The average molecular weight is 635 g/mol. The highest BCUT2D eigenvalue weighted by Gasteiger charge is 2.44. The highest BCUT2D eigenvalue weighted by molar-refractivity contribution is 7.47. The summed E-state index contributed by atoms with van der Waals surface area (Å²) in [5, 5.41) is 9.93. The molecule has 3 rings (SSSR count). The van der Waals surface area contributed by atoms with Crippen LogP contribution in [0.2, 0.25) is 0 Å². The van der Waals surface area contributed by atoms with Crippen molar-refractivity contribution in [1.29, 1.82) is 0 Å². The van der Waals surface area contributed by atoms with Gasteiger partial charge in [0.1, 0.15) is 12.2 Å². The Morgan fingerprint density at radius 2 is 1.20 bits per heavy atom. The van der Waals surface area contributed by atoms with Crippen LogP contribution in [-0.4, -0.2) is 77.1 Å². The third-order valence-corrected chi connectivity index (χ3v) is 8.98. The molecule has 3 N–H and O–H groups in total. The summed E-state index contributed by atoms with van der Waals surface area (Å²) >= 11 is 0. The number of ether oxygens (including phenoxy) is 3. The van der Waals surface area contributed by atoms with Gasteiger partial charge in [0.05, 0.1) is 43.7 Å². The number of aliphatic hydroxyl groups is 1. The summed E-state index contributed by atoms with van der Waals surface area (Å²) in [6, 6.07) is 0. The second-order valence-corrected chi connectivity index (χ2v) is 14.0. The molecule has 0 amide bonds. The zero-order chi connectivity index (χ0) is 31.5. The summed E-state index contributed by atoms with van der Waals surface area (Å²) in [6.07, 6.45) is -3.10. The van der Waals surface area contributed by atoms with Gasteiger partial charge in [0.25, 0.3) is 0 Å². The molecule has 5 unspecified atom stereocenters. The Hall–Kier alpha value is 0.0600. The minimum absolute atomic E-state index is 0.0240. The van der Waals surface area contributed by atoms with Gasteiger partial charge in [-0.1, -0.05) is 55.4 Å². The molecule has 3 heterocycles. The minimum atomic E-state index is -4.56. The Balaban J connectivity index is 0.00000201. The smallest absolute Gasteiger partial charge is 0.373 e.